The molecule has 29 heavy (non-hydrogen) atoms. The Bertz CT molecular complexity index is 994. The van der Waals surface area contributed by atoms with Crippen molar-refractivity contribution in [1.29, 1.82) is 0 Å². The van der Waals surface area contributed by atoms with Crippen molar-refractivity contribution in [3.8, 4) is 11.5 Å². The van der Waals surface area contributed by atoms with E-state index >= 15 is 0 Å². The van der Waals surface area contributed by atoms with Crippen molar-refractivity contribution in [2.75, 3.05) is 19.9 Å². The molecule has 0 saturated carbocycles. The van der Waals surface area contributed by atoms with Gasteiger partial charge in [0.15, 0.2) is 11.5 Å². The Hall–Kier alpha value is -2.46. The van der Waals surface area contributed by atoms with Gasteiger partial charge in [-0.25, -0.2) is 0 Å². The molecule has 0 amide bonds. The molecular weight excluding hydrogens is 360 g/mol. The third-order valence-electron chi connectivity index (χ3n) is 6.43. The van der Waals surface area contributed by atoms with E-state index in [9.17, 15) is 0 Å². The standard InChI is InChI=1S/C25H30N2O2/c1-2-3-4-5-8-12-27-13-11-18-14-23-24(29-17-28-23)15-20(18)25(27)21-16-26-22-10-7-6-9-19(21)22/h6-7,9-10,14-16,25-26H,2-5,8,11-13,17H2,1H3. The van der Waals surface area contributed by atoms with Crippen molar-refractivity contribution in [2.24, 2.45) is 0 Å². The fourth-order valence-electron chi connectivity index (χ4n) is 4.90. The van der Waals surface area contributed by atoms with Crippen LogP contribution in [0.4, 0.5) is 0 Å². The van der Waals surface area contributed by atoms with Crippen LogP contribution >= 0.6 is 0 Å². The van der Waals surface area contributed by atoms with Crippen LogP contribution in [0.2, 0.25) is 0 Å². The zero-order valence-corrected chi connectivity index (χ0v) is 17.2. The molecule has 2 aliphatic rings. The monoisotopic (exact) mass is 390 g/mol. The van der Waals surface area contributed by atoms with Crippen LogP contribution < -0.4 is 9.47 Å². The van der Waals surface area contributed by atoms with Crippen LogP contribution in [-0.4, -0.2) is 29.8 Å². The van der Waals surface area contributed by atoms with Crippen LogP contribution in [0.25, 0.3) is 10.9 Å². The lowest BCUT2D eigenvalue weighted by Gasteiger charge is -2.37. The van der Waals surface area contributed by atoms with E-state index in [2.05, 4.69) is 59.4 Å². The summed E-state index contributed by atoms with van der Waals surface area (Å²) in [5.74, 6) is 1.79. The molecule has 4 heteroatoms. The number of aromatic nitrogens is 1. The highest BCUT2D eigenvalue weighted by molar-refractivity contribution is 5.84. The molecule has 3 heterocycles. The van der Waals surface area contributed by atoms with E-state index in [1.165, 1.54) is 59.7 Å². The highest BCUT2D eigenvalue weighted by Gasteiger charge is 2.32. The van der Waals surface area contributed by atoms with Gasteiger partial charge >= 0.3 is 0 Å². The first kappa shape index (κ1) is 18.6. The number of nitrogens with zero attached hydrogens (tertiary/aromatic N) is 1. The molecule has 0 bridgehead atoms. The number of aromatic amines is 1. The number of benzene rings is 2. The molecule has 0 fully saturated rings. The van der Waals surface area contributed by atoms with Gasteiger partial charge in [0, 0.05) is 23.6 Å². The van der Waals surface area contributed by atoms with Gasteiger partial charge < -0.3 is 14.5 Å². The lowest BCUT2D eigenvalue weighted by atomic mass is 9.87. The van der Waals surface area contributed by atoms with Crippen LogP contribution in [-0.2, 0) is 6.42 Å². The second-order valence-electron chi connectivity index (χ2n) is 8.30. The van der Waals surface area contributed by atoms with Crippen molar-refractivity contribution >= 4 is 10.9 Å². The maximum atomic E-state index is 5.73. The van der Waals surface area contributed by atoms with Crippen LogP contribution in [0, 0.1) is 0 Å². The number of fused-ring (bicyclic) bond motifs is 3. The van der Waals surface area contributed by atoms with Gasteiger partial charge in [-0.15, -0.1) is 0 Å². The first-order chi connectivity index (χ1) is 14.3. The molecule has 3 aromatic rings. The van der Waals surface area contributed by atoms with Gasteiger partial charge in [-0.3, -0.25) is 4.90 Å². The molecule has 1 atom stereocenters. The summed E-state index contributed by atoms with van der Waals surface area (Å²) < 4.78 is 11.4. The number of rotatable bonds is 7. The number of unbranched alkanes of at least 4 members (excludes halogenated alkanes) is 4. The number of ether oxygens (including phenoxy) is 2. The van der Waals surface area contributed by atoms with E-state index in [1.54, 1.807) is 0 Å². The normalized spacial score (nSPS) is 18.3. The van der Waals surface area contributed by atoms with E-state index < -0.39 is 0 Å². The summed E-state index contributed by atoms with van der Waals surface area (Å²) in [6.45, 7) is 4.84. The van der Waals surface area contributed by atoms with Gasteiger partial charge in [0.25, 0.3) is 0 Å². The molecule has 1 N–H and O–H groups in total. The average molecular weight is 391 g/mol. The maximum Gasteiger partial charge on any atom is 0.231 e. The Kier molecular flexibility index (Phi) is 5.19. The lowest BCUT2D eigenvalue weighted by Crippen LogP contribution is -2.36. The number of hydrogen-bond donors (Lipinski definition) is 1. The summed E-state index contributed by atoms with van der Waals surface area (Å²) in [6, 6.07) is 13.3. The van der Waals surface area contributed by atoms with E-state index in [0.29, 0.717) is 6.79 Å². The van der Waals surface area contributed by atoms with Crippen LogP contribution in [0.1, 0.15) is 61.8 Å². The first-order valence-corrected chi connectivity index (χ1v) is 11.1. The van der Waals surface area contributed by atoms with E-state index in [1.807, 2.05) is 0 Å². The first-order valence-electron chi connectivity index (χ1n) is 11.1. The minimum absolute atomic E-state index is 0.260. The Labute approximate surface area is 172 Å². The van der Waals surface area contributed by atoms with Crippen molar-refractivity contribution in [3.63, 3.8) is 0 Å². The average Bonchev–Trinajstić information content (AvgIpc) is 3.38. The predicted molar refractivity (Wildman–Crippen MR) is 117 cm³/mol. The number of H-pyrrole nitrogens is 1. The van der Waals surface area contributed by atoms with Gasteiger partial charge in [-0.2, -0.15) is 0 Å². The number of hydrogen-bond acceptors (Lipinski definition) is 3. The Morgan fingerprint density at radius 1 is 1.00 bits per heavy atom. The molecule has 2 aromatic carbocycles. The number of nitrogens with one attached hydrogen (secondary N) is 1. The fraction of sp³-hybridized carbons (Fsp3) is 0.440. The Morgan fingerprint density at radius 2 is 1.83 bits per heavy atom. The fourth-order valence-corrected chi connectivity index (χ4v) is 4.90. The lowest BCUT2D eigenvalue weighted by molar-refractivity contribution is 0.174. The quantitative estimate of drug-likeness (QED) is 0.517. The van der Waals surface area contributed by atoms with Crippen molar-refractivity contribution in [3.05, 3.63) is 59.3 Å². The van der Waals surface area contributed by atoms with Crippen molar-refractivity contribution < 1.29 is 9.47 Å². The molecule has 1 unspecified atom stereocenters. The predicted octanol–water partition coefficient (Wildman–Crippen LogP) is 5.81. The minimum Gasteiger partial charge on any atom is -0.454 e. The van der Waals surface area contributed by atoms with Crippen molar-refractivity contribution in [1.82, 2.24) is 9.88 Å². The second-order valence-corrected chi connectivity index (χ2v) is 8.30. The van der Waals surface area contributed by atoms with Crippen molar-refractivity contribution in [2.45, 2.75) is 51.5 Å². The Balaban J connectivity index is 1.51. The molecule has 4 nitrogen and oxygen atoms in total. The minimum atomic E-state index is 0.260. The molecule has 0 spiro atoms. The largest absolute Gasteiger partial charge is 0.454 e. The van der Waals surface area contributed by atoms with E-state index in [-0.39, 0.29) is 6.04 Å². The topological polar surface area (TPSA) is 37.5 Å². The van der Waals surface area contributed by atoms with Gasteiger partial charge in [0.1, 0.15) is 0 Å². The summed E-state index contributed by atoms with van der Waals surface area (Å²) in [4.78, 5) is 6.16. The van der Waals surface area contributed by atoms with Gasteiger partial charge in [-0.05, 0) is 54.3 Å². The molecule has 152 valence electrons. The SMILES string of the molecule is CCCCCCCN1CCc2cc3c(cc2C1c1c[nH]c2ccccc12)OCO3. The summed E-state index contributed by atoms with van der Waals surface area (Å²) >= 11 is 0. The molecule has 2 aliphatic heterocycles. The zero-order valence-electron chi connectivity index (χ0n) is 17.2. The second kappa shape index (κ2) is 8.11. The van der Waals surface area contributed by atoms with Gasteiger partial charge in [0.2, 0.25) is 6.79 Å². The van der Waals surface area contributed by atoms with Crippen LogP contribution in [0.5, 0.6) is 11.5 Å². The smallest absolute Gasteiger partial charge is 0.231 e. The molecule has 0 saturated heterocycles. The summed E-state index contributed by atoms with van der Waals surface area (Å²) in [5, 5.41) is 1.32. The summed E-state index contributed by atoms with van der Waals surface area (Å²) in [5.41, 5.74) is 5.35. The van der Waals surface area contributed by atoms with Gasteiger partial charge in [-0.1, -0.05) is 50.8 Å². The molecule has 5 rings (SSSR count). The highest BCUT2D eigenvalue weighted by atomic mass is 16.7. The third-order valence-corrected chi connectivity index (χ3v) is 6.43. The zero-order chi connectivity index (χ0) is 19.6. The number of para-hydroxylation sites is 1. The molecule has 1 aromatic heterocycles. The molecule has 0 radical (unpaired) electrons. The molecular formula is C25H30N2O2. The summed E-state index contributed by atoms with van der Waals surface area (Å²) in [7, 11) is 0. The van der Waals surface area contributed by atoms with Crippen LogP contribution in [0.3, 0.4) is 0 Å². The molecule has 0 aliphatic carbocycles. The highest BCUT2D eigenvalue weighted by Crippen LogP contribution is 2.44. The van der Waals surface area contributed by atoms with E-state index in [4.69, 9.17) is 9.47 Å². The van der Waals surface area contributed by atoms with Gasteiger partial charge in [0.05, 0.1) is 6.04 Å². The third kappa shape index (κ3) is 3.51. The van der Waals surface area contributed by atoms with E-state index in [0.717, 1.165) is 31.0 Å². The van der Waals surface area contributed by atoms with Crippen LogP contribution in [0.15, 0.2) is 42.6 Å². The Morgan fingerprint density at radius 3 is 2.72 bits per heavy atom. The summed E-state index contributed by atoms with van der Waals surface area (Å²) in [6.07, 6.45) is 9.84. The maximum absolute atomic E-state index is 5.73.